The molecule has 47 nitrogen and oxygen atoms in total. The van der Waals surface area contributed by atoms with Crippen molar-refractivity contribution in [3.63, 3.8) is 0 Å². The van der Waals surface area contributed by atoms with Crippen molar-refractivity contribution in [2.24, 2.45) is 0 Å². The van der Waals surface area contributed by atoms with Crippen LogP contribution in [0.2, 0.25) is 0 Å². The number of carbonyl (C=O) groups is 11. The van der Waals surface area contributed by atoms with E-state index in [1.807, 2.05) is 0 Å². The van der Waals surface area contributed by atoms with Crippen LogP contribution in [0, 0.1) is 0 Å². The first kappa shape index (κ1) is 113. The zero-order valence-electron chi connectivity index (χ0n) is 74.2. The van der Waals surface area contributed by atoms with Crippen molar-refractivity contribution in [1.29, 1.82) is 0 Å². The van der Waals surface area contributed by atoms with Crippen LogP contribution in [0.3, 0.4) is 0 Å². The van der Waals surface area contributed by atoms with Gasteiger partial charge in [0.1, 0.15) is 78.6 Å². The second-order valence-corrected chi connectivity index (χ2v) is 30.9. The van der Waals surface area contributed by atoms with Crippen molar-refractivity contribution in [3.05, 3.63) is 12.2 Å². The molecule has 3 saturated heterocycles. The Labute approximate surface area is 745 Å². The molecule has 0 saturated carbocycles. The van der Waals surface area contributed by atoms with Crippen LogP contribution in [-0.2, 0) is 133 Å². The molecule has 128 heavy (non-hydrogen) atoms. The summed E-state index contributed by atoms with van der Waals surface area (Å²) < 4.78 is 96.9. The van der Waals surface area contributed by atoms with Gasteiger partial charge in [0.15, 0.2) is 24.7 Å². The predicted molar refractivity (Wildman–Crippen MR) is 444 cm³/mol. The molecule has 4 aliphatic heterocycles. The fourth-order valence-corrected chi connectivity index (χ4v) is 13.1. The minimum Gasteiger partial charge on any atom is -0.394 e. The minimum atomic E-state index is -1.47. The Bertz CT molecular complexity index is 2980. The molecule has 0 aromatic rings. The lowest BCUT2D eigenvalue weighted by Gasteiger charge is -2.42. The number of imide groups is 1. The molecule has 4 heterocycles. The number of aliphatic hydroxyl groups is 9. The molecule has 18 N–H and O–H groups in total. The first-order valence-electron chi connectivity index (χ1n) is 43.6. The summed E-state index contributed by atoms with van der Waals surface area (Å²) in [7, 11) is 0. The highest BCUT2D eigenvalue weighted by molar-refractivity contribution is 6.13. The van der Waals surface area contributed by atoms with Crippen molar-refractivity contribution in [1.82, 2.24) is 52.8 Å². The Balaban J connectivity index is 1.27. The lowest BCUT2D eigenvalue weighted by atomic mass is 9.97. The Hall–Kier alpha value is -6.93. The maximum atomic E-state index is 14.1. The van der Waals surface area contributed by atoms with E-state index in [0.717, 1.165) is 49.2 Å². The second kappa shape index (κ2) is 66.4. The number of nitrogens with one attached hydrogen (secondary N) is 9. The summed E-state index contributed by atoms with van der Waals surface area (Å²) in [6, 6.07) is -3.34. The zero-order chi connectivity index (χ0) is 93.9. The first-order valence-corrected chi connectivity index (χ1v) is 43.6. The minimum absolute atomic E-state index is 0.0286. The summed E-state index contributed by atoms with van der Waals surface area (Å²) in [5, 5.41) is 115. The molecule has 47 heteroatoms. The van der Waals surface area contributed by atoms with Crippen molar-refractivity contribution in [2.75, 3.05) is 211 Å². The second-order valence-electron chi connectivity index (χ2n) is 30.9. The molecule has 3 fully saturated rings. The van der Waals surface area contributed by atoms with Crippen LogP contribution in [0.25, 0.3) is 0 Å². The monoisotopic (exact) mass is 1850 g/mol. The molecule has 4 aliphatic rings. The number of rotatable bonds is 74. The lowest BCUT2D eigenvalue weighted by molar-refractivity contribution is -0.272. The highest BCUT2D eigenvalue weighted by Gasteiger charge is 2.48. The average Bonchev–Trinajstić information content (AvgIpc) is 1.04. The third-order valence-electron chi connectivity index (χ3n) is 19.8. The van der Waals surface area contributed by atoms with Crippen molar-refractivity contribution in [2.45, 2.75) is 228 Å². The summed E-state index contributed by atoms with van der Waals surface area (Å²) >= 11 is 0. The number of ether oxygens (including phenoxy) is 17. The van der Waals surface area contributed by atoms with E-state index in [-0.39, 0.29) is 241 Å². The number of unbranched alkanes of at least 4 members (excludes halogenated alkanes) is 7. The van der Waals surface area contributed by atoms with Crippen LogP contribution < -0.4 is 47.9 Å². The zero-order valence-corrected chi connectivity index (χ0v) is 74.2. The van der Waals surface area contributed by atoms with Crippen LogP contribution in [0.15, 0.2) is 12.2 Å². The van der Waals surface area contributed by atoms with E-state index in [9.17, 15) is 98.7 Å². The molecule has 0 aliphatic carbocycles. The van der Waals surface area contributed by atoms with Crippen LogP contribution in [0.1, 0.15) is 125 Å². The molecule has 11 amide bonds. The van der Waals surface area contributed by atoms with Crippen LogP contribution in [0.5, 0.6) is 0 Å². The van der Waals surface area contributed by atoms with Crippen LogP contribution in [0.4, 0.5) is 0 Å². The quantitative estimate of drug-likeness (QED) is 0.0153. The number of amides is 11. The summed E-state index contributed by atoms with van der Waals surface area (Å²) in [4.78, 5) is 138. The Morgan fingerprint density at radius 2 is 0.617 bits per heavy atom. The van der Waals surface area contributed by atoms with Gasteiger partial charge in [-0.3, -0.25) is 57.6 Å². The highest BCUT2D eigenvalue weighted by atomic mass is 16.7. The molecule has 0 aromatic carbocycles. The molecule has 4 rings (SSSR count). The van der Waals surface area contributed by atoms with E-state index >= 15 is 0 Å². The standard InChI is InChI=1S/C81H142N10O37/c1-54(95)87-68-74(109)71(106)57(48-92)126-77(68)121-45-42-115-39-36-112-31-22-82-62(100)19-28-118-51-81(52-119-29-20-63(101)83-23-32-113-37-40-116-43-46-122-78-69(88-55(2)96)75(110)72(107)58(49-93)127-78,53-120-30-21-64(102)84-24-33-114-38-41-117-44-47-123-79-70(89-56(3)97)76(111)73(108)59(50-94)128-79)90-65(103)15-13-11-9-7-6-8-10-12-14-60(98)85-25-34-124-80(4,5)125-35-26-86-61(99)18-27-91-66(104)16-17-67(91)105/h16-17,57-59,68-79,92-94,106-111H,6-15,18-53H2,1-5H3,(H,82,100)(H,83,101)(H,84,102)(H,85,98)(H,86,99)(H,87,95)(H,88,96)(H,89,97)(H,90,103). The molecule has 738 valence electrons. The summed E-state index contributed by atoms with van der Waals surface area (Å²) in [6.07, 6.45) is -7.31. The Kier molecular flexibility index (Phi) is 58.9. The van der Waals surface area contributed by atoms with Gasteiger partial charge in [-0.05, 0) is 26.7 Å². The largest absolute Gasteiger partial charge is 0.394 e. The fourth-order valence-electron chi connectivity index (χ4n) is 13.1. The summed E-state index contributed by atoms with van der Waals surface area (Å²) in [5.41, 5.74) is -1.44. The number of hydrogen-bond donors (Lipinski definition) is 18. The number of hydrogen-bond acceptors (Lipinski definition) is 37. The van der Waals surface area contributed by atoms with Crippen molar-refractivity contribution < 1.29 is 179 Å². The molecule has 15 atom stereocenters. The van der Waals surface area contributed by atoms with Gasteiger partial charge in [-0.15, -0.1) is 0 Å². The number of carbonyl (C=O) groups excluding carboxylic acids is 11. The van der Waals surface area contributed by atoms with Gasteiger partial charge in [0.2, 0.25) is 53.2 Å². The number of aliphatic hydroxyl groups excluding tert-OH is 9. The molecular weight excluding hydrogens is 1700 g/mol. The summed E-state index contributed by atoms with van der Waals surface area (Å²) in [6.45, 7) is 6.28. The van der Waals surface area contributed by atoms with Crippen molar-refractivity contribution in [3.8, 4) is 0 Å². The van der Waals surface area contributed by atoms with E-state index in [1.165, 1.54) is 20.8 Å². The third-order valence-corrected chi connectivity index (χ3v) is 19.8. The molecule has 0 bridgehead atoms. The molecular formula is C81H142N10O37. The fraction of sp³-hybridized carbons (Fsp3) is 0.840. The predicted octanol–water partition coefficient (Wildman–Crippen LogP) is -7.39. The van der Waals surface area contributed by atoms with Gasteiger partial charge in [0, 0.05) is 111 Å². The van der Waals surface area contributed by atoms with Crippen molar-refractivity contribution >= 4 is 65.0 Å². The van der Waals surface area contributed by atoms with Gasteiger partial charge in [0.25, 0.3) is 11.8 Å². The topological polar surface area (TPSA) is 638 Å². The smallest absolute Gasteiger partial charge is 0.253 e. The Morgan fingerprint density at radius 3 is 0.930 bits per heavy atom. The number of nitrogens with zero attached hydrogens (tertiary/aromatic N) is 1. The molecule has 0 spiro atoms. The van der Waals surface area contributed by atoms with Gasteiger partial charge in [0.05, 0.1) is 172 Å². The molecule has 0 radical (unpaired) electrons. The maximum Gasteiger partial charge on any atom is 0.253 e. The maximum absolute atomic E-state index is 14.1. The highest BCUT2D eigenvalue weighted by Crippen LogP contribution is 2.26. The van der Waals surface area contributed by atoms with Gasteiger partial charge >= 0.3 is 0 Å². The SMILES string of the molecule is CC(=O)NC1C(OCCOCCOCCNC(=O)CCOCC(COCCC(=O)NCCOCCOCCOC2OC(CO)C(O)C(O)C2NC(C)=O)(COCCC(=O)NCCOCCOCCOC2OC(CO)C(O)C(O)C2NC(C)=O)NC(=O)CCCCCCCCCCC(=O)NCCOC(C)(C)OCCNC(=O)CCN2C(=O)C=CC2=O)OC(CO)C(O)C1O. The average molecular weight is 1850 g/mol. The van der Waals surface area contributed by atoms with E-state index in [4.69, 9.17) is 80.5 Å². The van der Waals surface area contributed by atoms with Crippen LogP contribution in [-0.4, -0.2) is 430 Å². The van der Waals surface area contributed by atoms with E-state index in [2.05, 4.69) is 47.9 Å². The van der Waals surface area contributed by atoms with E-state index in [0.29, 0.717) is 25.7 Å². The van der Waals surface area contributed by atoms with Crippen LogP contribution >= 0.6 is 0 Å². The summed E-state index contributed by atoms with van der Waals surface area (Å²) in [5.74, 6) is -5.47. The van der Waals surface area contributed by atoms with Gasteiger partial charge < -0.3 is 174 Å². The van der Waals surface area contributed by atoms with Gasteiger partial charge in [-0.2, -0.15) is 0 Å². The normalized spacial score (nSPS) is 23.4. The molecule has 15 unspecified atom stereocenters. The van der Waals surface area contributed by atoms with Gasteiger partial charge in [-0.25, -0.2) is 0 Å². The van der Waals surface area contributed by atoms with E-state index < -0.39 is 170 Å². The van der Waals surface area contributed by atoms with E-state index in [1.54, 1.807) is 13.8 Å². The Morgan fingerprint density at radius 1 is 0.344 bits per heavy atom. The third kappa shape index (κ3) is 47.9. The molecule has 0 aromatic heterocycles. The first-order chi connectivity index (χ1) is 61.4. The van der Waals surface area contributed by atoms with Gasteiger partial charge in [-0.1, -0.05) is 38.5 Å². The lowest BCUT2D eigenvalue weighted by Crippen LogP contribution is -2.64.